The molecule has 1 fully saturated rings. The van der Waals surface area contributed by atoms with Gasteiger partial charge in [-0.2, -0.15) is 13.2 Å². The summed E-state index contributed by atoms with van der Waals surface area (Å²) in [5, 5.41) is 0. The summed E-state index contributed by atoms with van der Waals surface area (Å²) in [6, 6.07) is 0.995. The number of hydrogen-bond acceptors (Lipinski definition) is 3. The second-order valence-electron chi connectivity index (χ2n) is 3.91. The lowest BCUT2D eigenvalue weighted by Gasteiger charge is -2.17. The first kappa shape index (κ1) is 16.7. The molecule has 2 atom stereocenters. The van der Waals surface area contributed by atoms with Crippen LogP contribution in [0.15, 0.2) is 0 Å². The molecule has 0 radical (unpaired) electrons. The molecule has 1 aliphatic rings. The smallest absolute Gasteiger partial charge is 0.485 e. The van der Waals surface area contributed by atoms with Gasteiger partial charge in [-0.15, -0.1) is 0 Å². The average Bonchev–Trinajstić information content (AvgIpc) is 2.62. The molecular formula is C9H18F3NO3S. The first-order valence-electron chi connectivity index (χ1n) is 5.50. The molecule has 17 heavy (non-hydrogen) atoms. The zero-order valence-corrected chi connectivity index (χ0v) is 10.7. The Labute approximate surface area is 99.5 Å². The molecule has 1 aliphatic heterocycles. The normalized spacial score (nSPS) is 25.3. The van der Waals surface area contributed by atoms with Crippen LogP contribution >= 0.6 is 0 Å². The van der Waals surface area contributed by atoms with Crippen molar-refractivity contribution in [3.63, 3.8) is 0 Å². The van der Waals surface area contributed by atoms with E-state index in [0.29, 0.717) is 0 Å². The number of halogens is 3. The lowest BCUT2D eigenvalue weighted by molar-refractivity contribution is -0.910. The zero-order chi connectivity index (χ0) is 13.7. The molecule has 0 aromatic rings. The summed E-state index contributed by atoms with van der Waals surface area (Å²) in [7, 11) is -6.09. The fraction of sp³-hybridized carbons (Fsp3) is 1.00. The van der Waals surface area contributed by atoms with E-state index in [1.54, 1.807) is 0 Å². The SMILES string of the molecule is CCC1CCC[NH+]1CC.O=S(=O)([O-])C(F)(F)F. The van der Waals surface area contributed by atoms with Crippen LogP contribution in [0, 0.1) is 0 Å². The van der Waals surface area contributed by atoms with Crippen LogP contribution in [0.5, 0.6) is 0 Å². The Kier molecular flexibility index (Phi) is 6.42. The molecule has 1 N–H and O–H groups in total. The minimum atomic E-state index is -6.09. The van der Waals surface area contributed by atoms with Crippen LogP contribution in [0.3, 0.4) is 0 Å². The van der Waals surface area contributed by atoms with Crippen molar-refractivity contribution in [3.05, 3.63) is 0 Å². The number of nitrogens with one attached hydrogen (secondary N) is 1. The van der Waals surface area contributed by atoms with Gasteiger partial charge in [-0.05, 0) is 13.3 Å². The second kappa shape index (κ2) is 6.55. The van der Waals surface area contributed by atoms with E-state index in [1.807, 2.05) is 4.90 Å². The van der Waals surface area contributed by atoms with Crippen LogP contribution in [0.1, 0.15) is 33.1 Å². The molecular weight excluding hydrogens is 259 g/mol. The lowest BCUT2D eigenvalue weighted by Crippen LogP contribution is -3.13. The van der Waals surface area contributed by atoms with Gasteiger partial charge in [-0.3, -0.25) is 0 Å². The summed E-state index contributed by atoms with van der Waals surface area (Å²) in [6.45, 7) is 7.36. The molecule has 4 nitrogen and oxygen atoms in total. The van der Waals surface area contributed by atoms with Crippen molar-refractivity contribution >= 4 is 10.1 Å². The maximum absolute atomic E-state index is 10.7. The lowest BCUT2D eigenvalue weighted by atomic mass is 10.2. The van der Waals surface area contributed by atoms with E-state index in [4.69, 9.17) is 13.0 Å². The maximum Gasteiger partial charge on any atom is 0.485 e. The van der Waals surface area contributed by atoms with Gasteiger partial charge in [0.25, 0.3) is 0 Å². The van der Waals surface area contributed by atoms with Gasteiger partial charge in [0.05, 0.1) is 19.1 Å². The Morgan fingerprint density at radius 3 is 2.06 bits per heavy atom. The Bertz CT molecular complexity index is 306. The van der Waals surface area contributed by atoms with E-state index < -0.39 is 15.6 Å². The number of likely N-dealkylation sites (tertiary alicyclic amines) is 1. The first-order valence-corrected chi connectivity index (χ1v) is 6.91. The summed E-state index contributed by atoms with van der Waals surface area (Å²) < 4.78 is 58.9. The van der Waals surface area contributed by atoms with Crippen molar-refractivity contribution in [1.82, 2.24) is 0 Å². The van der Waals surface area contributed by atoms with E-state index in [-0.39, 0.29) is 0 Å². The molecule has 0 spiro atoms. The van der Waals surface area contributed by atoms with E-state index in [2.05, 4.69) is 13.8 Å². The quantitative estimate of drug-likeness (QED) is 0.591. The van der Waals surface area contributed by atoms with E-state index >= 15 is 0 Å². The molecule has 0 amide bonds. The summed E-state index contributed by atoms with van der Waals surface area (Å²) in [6.07, 6.45) is 4.31. The van der Waals surface area contributed by atoms with Gasteiger partial charge in [0.2, 0.25) is 0 Å². The van der Waals surface area contributed by atoms with Crippen LogP contribution in [-0.4, -0.2) is 37.6 Å². The van der Waals surface area contributed by atoms with Crippen molar-refractivity contribution in [2.75, 3.05) is 13.1 Å². The van der Waals surface area contributed by atoms with Crippen molar-refractivity contribution in [2.45, 2.75) is 44.7 Å². The number of alkyl halides is 3. The maximum atomic E-state index is 10.7. The highest BCUT2D eigenvalue weighted by Gasteiger charge is 2.36. The van der Waals surface area contributed by atoms with E-state index in [0.717, 1.165) is 6.04 Å². The molecule has 104 valence electrons. The van der Waals surface area contributed by atoms with Crippen LogP contribution in [0.4, 0.5) is 13.2 Å². The van der Waals surface area contributed by atoms with Gasteiger partial charge in [-0.1, -0.05) is 6.92 Å². The zero-order valence-electron chi connectivity index (χ0n) is 9.88. The standard InChI is InChI=1S/C8H17N.CHF3O3S/c1-3-8-6-5-7-9(8)4-2;2-1(3,4)8(5,6)7/h8H,3-7H2,1-2H3;(H,5,6,7). The first-order chi connectivity index (χ1) is 7.63. The van der Waals surface area contributed by atoms with Crippen LogP contribution in [0.25, 0.3) is 0 Å². The predicted molar refractivity (Wildman–Crippen MR) is 55.4 cm³/mol. The molecule has 0 aliphatic carbocycles. The van der Waals surface area contributed by atoms with E-state index in [9.17, 15) is 13.2 Å². The molecule has 1 saturated heterocycles. The molecule has 0 aromatic carbocycles. The van der Waals surface area contributed by atoms with Crippen molar-refractivity contribution in [1.29, 1.82) is 0 Å². The van der Waals surface area contributed by atoms with Gasteiger partial charge < -0.3 is 9.45 Å². The molecule has 1 rings (SSSR count). The third kappa shape index (κ3) is 5.69. The van der Waals surface area contributed by atoms with Gasteiger partial charge in [0, 0.05) is 12.8 Å². The molecule has 2 unspecified atom stereocenters. The van der Waals surface area contributed by atoms with E-state index in [1.165, 1.54) is 32.4 Å². The molecule has 1 heterocycles. The van der Waals surface area contributed by atoms with Gasteiger partial charge in [-0.25, -0.2) is 8.42 Å². The Morgan fingerprint density at radius 2 is 1.82 bits per heavy atom. The fourth-order valence-electron chi connectivity index (χ4n) is 1.94. The summed E-state index contributed by atoms with van der Waals surface area (Å²) >= 11 is 0. The molecule has 0 aromatic heterocycles. The highest BCUT2D eigenvalue weighted by molar-refractivity contribution is 7.86. The summed E-state index contributed by atoms with van der Waals surface area (Å²) in [5.74, 6) is 0. The molecule has 0 saturated carbocycles. The van der Waals surface area contributed by atoms with Crippen molar-refractivity contribution in [3.8, 4) is 0 Å². The topological polar surface area (TPSA) is 61.6 Å². The summed E-state index contributed by atoms with van der Waals surface area (Å²) in [5.41, 5.74) is -5.65. The average molecular weight is 277 g/mol. The van der Waals surface area contributed by atoms with Crippen LogP contribution in [-0.2, 0) is 10.1 Å². The van der Waals surface area contributed by atoms with Crippen molar-refractivity contribution in [2.24, 2.45) is 0 Å². The predicted octanol–water partition coefficient (Wildman–Crippen LogP) is 0.515. The number of quaternary nitrogens is 1. The second-order valence-corrected chi connectivity index (χ2v) is 5.28. The molecule has 0 bridgehead atoms. The largest absolute Gasteiger partial charge is 0.741 e. The minimum absolute atomic E-state index is 0.995. The van der Waals surface area contributed by atoms with Crippen molar-refractivity contribution < 1.29 is 31.0 Å². The third-order valence-corrected chi connectivity index (χ3v) is 3.43. The Balaban J connectivity index is 0.000000304. The fourth-order valence-corrected chi connectivity index (χ4v) is 1.94. The Hall–Kier alpha value is -0.340. The molecule has 8 heteroatoms. The number of hydrogen-bond donors (Lipinski definition) is 1. The van der Waals surface area contributed by atoms with Crippen LogP contribution in [0.2, 0.25) is 0 Å². The van der Waals surface area contributed by atoms with Gasteiger partial charge in [0.15, 0.2) is 10.1 Å². The Morgan fingerprint density at radius 1 is 1.35 bits per heavy atom. The highest BCUT2D eigenvalue weighted by Crippen LogP contribution is 2.20. The van der Waals surface area contributed by atoms with Gasteiger partial charge >= 0.3 is 5.51 Å². The van der Waals surface area contributed by atoms with Crippen LogP contribution < -0.4 is 4.90 Å². The third-order valence-electron chi connectivity index (χ3n) is 2.86. The monoisotopic (exact) mass is 277 g/mol. The van der Waals surface area contributed by atoms with Gasteiger partial charge in [0.1, 0.15) is 0 Å². The summed E-state index contributed by atoms with van der Waals surface area (Å²) in [4.78, 5) is 1.83. The minimum Gasteiger partial charge on any atom is -0.741 e. The highest BCUT2D eigenvalue weighted by atomic mass is 32.2. The number of rotatable bonds is 2.